The van der Waals surface area contributed by atoms with Crippen LogP contribution in [0.15, 0.2) is 36.4 Å². The van der Waals surface area contributed by atoms with Gasteiger partial charge in [0, 0.05) is 25.1 Å². The summed E-state index contributed by atoms with van der Waals surface area (Å²) < 4.78 is 38.7. The second-order valence-electron chi connectivity index (χ2n) is 10.1. The van der Waals surface area contributed by atoms with Crippen molar-refractivity contribution in [3.05, 3.63) is 81.7 Å². The van der Waals surface area contributed by atoms with Crippen LogP contribution < -0.4 is 4.74 Å². The predicted molar refractivity (Wildman–Crippen MR) is 143 cm³/mol. The van der Waals surface area contributed by atoms with Crippen LogP contribution >= 0.6 is 0 Å². The topological polar surface area (TPSA) is 68.7 Å². The highest BCUT2D eigenvalue weighted by Crippen LogP contribution is 2.47. The average molecular weight is 535 g/mol. The molecular weight excluding hydrogens is 502 g/mol. The number of halogens is 2. The maximum absolute atomic E-state index is 14.1. The fraction of sp³-hybridized carbons (Fsp3) is 0.387. The number of carbonyl (C=O) groups is 2. The number of pyridine rings is 1. The van der Waals surface area contributed by atoms with Crippen LogP contribution in [-0.4, -0.2) is 42.0 Å². The molecule has 204 valence electrons. The Balaban J connectivity index is 1.50. The summed E-state index contributed by atoms with van der Waals surface area (Å²) in [5, 5.41) is 0. The van der Waals surface area contributed by atoms with Crippen LogP contribution in [0.3, 0.4) is 0 Å². The third-order valence-corrected chi connectivity index (χ3v) is 7.35. The van der Waals surface area contributed by atoms with E-state index in [1.54, 1.807) is 17.0 Å². The van der Waals surface area contributed by atoms with Crippen molar-refractivity contribution >= 4 is 11.9 Å². The molecule has 3 aromatic rings. The zero-order chi connectivity index (χ0) is 27.7. The molecule has 1 fully saturated rings. The Morgan fingerprint density at radius 3 is 2.54 bits per heavy atom. The molecule has 1 aliphatic heterocycles. The highest BCUT2D eigenvalue weighted by Gasteiger charge is 2.31. The van der Waals surface area contributed by atoms with Crippen LogP contribution in [0.25, 0.3) is 11.1 Å². The number of aryl methyl sites for hydroxylation is 1. The van der Waals surface area contributed by atoms with Gasteiger partial charge < -0.3 is 14.4 Å². The molecule has 39 heavy (non-hydrogen) atoms. The Kier molecular flexibility index (Phi) is 7.64. The summed E-state index contributed by atoms with van der Waals surface area (Å²) in [6.45, 7) is 5.11. The summed E-state index contributed by atoms with van der Waals surface area (Å²) in [5.41, 5.74) is 5.41. The van der Waals surface area contributed by atoms with E-state index in [0.717, 1.165) is 42.0 Å². The molecular formula is C31H32F2N2O4. The second kappa shape index (κ2) is 11.1. The second-order valence-corrected chi connectivity index (χ2v) is 10.1. The quantitative estimate of drug-likeness (QED) is 0.304. The number of ether oxygens (including phenoxy) is 2. The lowest BCUT2D eigenvalue weighted by molar-refractivity contribution is 0.0598. The number of methoxy groups -OCH3 is 1. The van der Waals surface area contributed by atoms with Crippen molar-refractivity contribution < 1.29 is 27.8 Å². The molecule has 8 heteroatoms. The molecule has 1 amide bonds. The van der Waals surface area contributed by atoms with E-state index in [-0.39, 0.29) is 5.91 Å². The number of benzene rings is 2. The van der Waals surface area contributed by atoms with Crippen LogP contribution in [0.5, 0.6) is 5.75 Å². The number of nitrogens with zero attached hydrogens (tertiary/aromatic N) is 2. The normalized spacial score (nSPS) is 14.8. The number of hydrogen-bond acceptors (Lipinski definition) is 5. The van der Waals surface area contributed by atoms with Crippen molar-refractivity contribution in [2.45, 2.75) is 58.4 Å². The van der Waals surface area contributed by atoms with Gasteiger partial charge in [-0.15, -0.1) is 0 Å². The van der Waals surface area contributed by atoms with E-state index >= 15 is 0 Å². The molecule has 6 nitrogen and oxygen atoms in total. The van der Waals surface area contributed by atoms with Gasteiger partial charge in [0.2, 0.25) is 0 Å². The first kappa shape index (κ1) is 26.8. The molecule has 0 spiro atoms. The van der Waals surface area contributed by atoms with Crippen LogP contribution in [0.1, 0.15) is 82.3 Å². The molecule has 1 aromatic heterocycles. The van der Waals surface area contributed by atoms with E-state index in [0.29, 0.717) is 72.3 Å². The average Bonchev–Trinajstić information content (AvgIpc) is 3.78. The van der Waals surface area contributed by atoms with E-state index in [4.69, 9.17) is 9.47 Å². The van der Waals surface area contributed by atoms with Gasteiger partial charge in [0.1, 0.15) is 5.75 Å². The Morgan fingerprint density at radius 1 is 1.08 bits per heavy atom. The van der Waals surface area contributed by atoms with Gasteiger partial charge in [0.05, 0.1) is 36.2 Å². The van der Waals surface area contributed by atoms with Gasteiger partial charge in [-0.3, -0.25) is 9.78 Å². The van der Waals surface area contributed by atoms with Crippen molar-refractivity contribution in [3.8, 4) is 16.9 Å². The maximum atomic E-state index is 14.1. The SMILES string of the molecule is CCCc1nc2c(cc1C(=O)OC)C(=O)N(Cc1cc(C3CC3)c(-c3ccc(F)c(F)c3)cc1OCC)CC2. The highest BCUT2D eigenvalue weighted by molar-refractivity contribution is 6.00. The summed E-state index contributed by atoms with van der Waals surface area (Å²) in [5.74, 6) is -1.55. The van der Waals surface area contributed by atoms with Gasteiger partial charge in [-0.25, -0.2) is 13.6 Å². The molecule has 0 atom stereocenters. The third kappa shape index (κ3) is 5.37. The van der Waals surface area contributed by atoms with E-state index < -0.39 is 17.6 Å². The highest BCUT2D eigenvalue weighted by atomic mass is 19.2. The molecule has 5 rings (SSSR count). The minimum Gasteiger partial charge on any atom is -0.494 e. The fourth-order valence-electron chi connectivity index (χ4n) is 5.26. The fourth-order valence-corrected chi connectivity index (χ4v) is 5.26. The number of rotatable bonds is 9. The van der Waals surface area contributed by atoms with Crippen LogP contribution in [0.4, 0.5) is 8.78 Å². The zero-order valence-electron chi connectivity index (χ0n) is 22.5. The lowest BCUT2D eigenvalue weighted by Gasteiger charge is -2.30. The monoisotopic (exact) mass is 534 g/mol. The summed E-state index contributed by atoms with van der Waals surface area (Å²) in [6.07, 6.45) is 4.05. The van der Waals surface area contributed by atoms with Crippen molar-refractivity contribution in [2.24, 2.45) is 0 Å². The minimum atomic E-state index is -0.893. The largest absolute Gasteiger partial charge is 0.494 e. The molecule has 1 saturated carbocycles. The van der Waals surface area contributed by atoms with E-state index in [2.05, 4.69) is 4.98 Å². The van der Waals surface area contributed by atoms with E-state index in [1.165, 1.54) is 13.2 Å². The first-order valence-electron chi connectivity index (χ1n) is 13.5. The van der Waals surface area contributed by atoms with Crippen LogP contribution in [-0.2, 0) is 24.1 Å². The first-order valence-corrected chi connectivity index (χ1v) is 13.5. The van der Waals surface area contributed by atoms with Gasteiger partial charge in [0.15, 0.2) is 11.6 Å². The molecule has 0 saturated heterocycles. The van der Waals surface area contributed by atoms with Crippen molar-refractivity contribution in [1.29, 1.82) is 0 Å². The summed E-state index contributed by atoms with van der Waals surface area (Å²) in [7, 11) is 1.32. The van der Waals surface area contributed by atoms with Crippen LogP contribution in [0, 0.1) is 11.6 Å². The Hall–Kier alpha value is -3.81. The van der Waals surface area contributed by atoms with Crippen LogP contribution in [0.2, 0.25) is 0 Å². The predicted octanol–water partition coefficient (Wildman–Crippen LogP) is 6.24. The molecule has 0 radical (unpaired) electrons. The summed E-state index contributed by atoms with van der Waals surface area (Å²) in [4.78, 5) is 32.5. The Bertz CT molecular complexity index is 1430. The third-order valence-electron chi connectivity index (χ3n) is 7.35. The maximum Gasteiger partial charge on any atom is 0.339 e. The molecule has 1 aliphatic carbocycles. The van der Waals surface area contributed by atoms with Gasteiger partial charge in [-0.1, -0.05) is 19.4 Å². The molecule has 0 bridgehead atoms. The number of esters is 1. The molecule has 0 unspecified atom stereocenters. The molecule has 2 heterocycles. The number of amides is 1. The minimum absolute atomic E-state index is 0.197. The lowest BCUT2D eigenvalue weighted by atomic mass is 9.93. The number of fused-ring (bicyclic) bond motifs is 1. The molecule has 2 aliphatic rings. The van der Waals surface area contributed by atoms with Gasteiger partial charge in [0.25, 0.3) is 5.91 Å². The Morgan fingerprint density at radius 2 is 1.87 bits per heavy atom. The summed E-state index contributed by atoms with van der Waals surface area (Å²) in [6, 6.07) is 9.50. The van der Waals surface area contributed by atoms with Crippen molar-refractivity contribution in [1.82, 2.24) is 9.88 Å². The van der Waals surface area contributed by atoms with E-state index in [9.17, 15) is 18.4 Å². The van der Waals surface area contributed by atoms with Crippen molar-refractivity contribution in [2.75, 3.05) is 20.3 Å². The van der Waals surface area contributed by atoms with Gasteiger partial charge in [-0.05, 0) is 79.1 Å². The molecule has 2 aromatic carbocycles. The number of hydrogen-bond donors (Lipinski definition) is 0. The van der Waals surface area contributed by atoms with Gasteiger partial charge in [-0.2, -0.15) is 0 Å². The molecule has 0 N–H and O–H groups in total. The van der Waals surface area contributed by atoms with E-state index in [1.807, 2.05) is 26.0 Å². The smallest absolute Gasteiger partial charge is 0.339 e. The number of carbonyl (C=O) groups excluding carboxylic acids is 2. The number of aromatic nitrogens is 1. The standard InChI is InChI=1S/C31H32F2N2O4/c1-4-6-27-24(31(37)38-3)15-23-28(34-27)11-12-35(30(23)36)17-20-13-21(18-7-8-18)22(16-29(20)39-5-2)19-9-10-25(32)26(33)14-19/h9-10,13-16,18H,4-8,11-12,17H2,1-3H3. The van der Waals surface area contributed by atoms with Crippen molar-refractivity contribution in [3.63, 3.8) is 0 Å². The van der Waals surface area contributed by atoms with Gasteiger partial charge >= 0.3 is 5.97 Å². The lowest BCUT2D eigenvalue weighted by Crippen LogP contribution is -2.38. The summed E-state index contributed by atoms with van der Waals surface area (Å²) >= 11 is 0. The zero-order valence-corrected chi connectivity index (χ0v) is 22.5. The first-order chi connectivity index (χ1) is 18.8. The Labute approximate surface area is 227 Å².